The van der Waals surface area contributed by atoms with Crippen molar-refractivity contribution in [3.63, 3.8) is 0 Å². The summed E-state index contributed by atoms with van der Waals surface area (Å²) in [6.45, 7) is 2.82. The molecule has 0 unspecified atom stereocenters. The Morgan fingerprint density at radius 2 is 2.38 bits per heavy atom. The third-order valence-corrected chi connectivity index (χ3v) is 2.42. The highest BCUT2D eigenvalue weighted by atomic mass is 16.5. The topological polar surface area (TPSA) is 35.5 Å². The van der Waals surface area contributed by atoms with Gasteiger partial charge in [0, 0.05) is 5.56 Å². The van der Waals surface area contributed by atoms with Crippen LogP contribution in [0.3, 0.4) is 0 Å². The van der Waals surface area contributed by atoms with Gasteiger partial charge in [0.25, 0.3) is 0 Å². The standard InChI is InChI=1S/C13H14O3/c1-2-15-13(14)9-10-5-3-7-12-11(10)6-4-8-16-12/h3-7H,2,8-9H2,1H3. The lowest BCUT2D eigenvalue weighted by Crippen LogP contribution is -2.10. The van der Waals surface area contributed by atoms with Crippen molar-refractivity contribution in [2.75, 3.05) is 13.2 Å². The first-order valence-electron chi connectivity index (χ1n) is 5.38. The Morgan fingerprint density at radius 1 is 1.50 bits per heavy atom. The molecular formula is C13H14O3. The fourth-order valence-corrected chi connectivity index (χ4v) is 1.73. The van der Waals surface area contributed by atoms with Crippen LogP contribution < -0.4 is 4.74 Å². The van der Waals surface area contributed by atoms with Crippen molar-refractivity contribution >= 4 is 12.0 Å². The van der Waals surface area contributed by atoms with E-state index in [4.69, 9.17) is 9.47 Å². The molecule has 0 amide bonds. The molecule has 0 radical (unpaired) electrons. The summed E-state index contributed by atoms with van der Waals surface area (Å²) in [5.74, 6) is 0.638. The van der Waals surface area contributed by atoms with E-state index in [0.717, 1.165) is 16.9 Å². The maximum absolute atomic E-state index is 11.4. The third-order valence-electron chi connectivity index (χ3n) is 2.42. The zero-order valence-corrected chi connectivity index (χ0v) is 9.23. The molecule has 0 fully saturated rings. The van der Waals surface area contributed by atoms with Crippen LogP contribution in [0.4, 0.5) is 0 Å². The fourth-order valence-electron chi connectivity index (χ4n) is 1.73. The first-order chi connectivity index (χ1) is 7.81. The van der Waals surface area contributed by atoms with Crippen LogP contribution in [0.25, 0.3) is 6.08 Å². The second-order valence-electron chi connectivity index (χ2n) is 3.52. The minimum Gasteiger partial charge on any atom is -0.489 e. The van der Waals surface area contributed by atoms with Crippen molar-refractivity contribution < 1.29 is 14.3 Å². The van der Waals surface area contributed by atoms with E-state index in [9.17, 15) is 4.79 Å². The Morgan fingerprint density at radius 3 is 3.19 bits per heavy atom. The number of rotatable bonds is 3. The van der Waals surface area contributed by atoms with E-state index in [1.54, 1.807) is 6.92 Å². The first kappa shape index (κ1) is 10.7. The van der Waals surface area contributed by atoms with Gasteiger partial charge in [-0.3, -0.25) is 4.79 Å². The van der Waals surface area contributed by atoms with Crippen molar-refractivity contribution in [3.05, 3.63) is 35.4 Å². The number of fused-ring (bicyclic) bond motifs is 1. The summed E-state index contributed by atoms with van der Waals surface area (Å²) in [5, 5.41) is 0. The van der Waals surface area contributed by atoms with Gasteiger partial charge in [-0.05, 0) is 24.6 Å². The number of carbonyl (C=O) groups is 1. The van der Waals surface area contributed by atoms with Crippen LogP contribution in [0.1, 0.15) is 18.1 Å². The van der Waals surface area contributed by atoms with Crippen LogP contribution >= 0.6 is 0 Å². The molecule has 0 aliphatic carbocycles. The molecule has 1 aliphatic heterocycles. The second kappa shape index (κ2) is 4.84. The average Bonchev–Trinajstić information content (AvgIpc) is 2.30. The maximum atomic E-state index is 11.4. The van der Waals surface area contributed by atoms with Crippen LogP contribution in [0.5, 0.6) is 5.75 Å². The highest BCUT2D eigenvalue weighted by molar-refractivity contribution is 5.76. The van der Waals surface area contributed by atoms with E-state index < -0.39 is 0 Å². The smallest absolute Gasteiger partial charge is 0.310 e. The van der Waals surface area contributed by atoms with Gasteiger partial charge < -0.3 is 9.47 Å². The molecule has 0 bridgehead atoms. The van der Waals surface area contributed by atoms with Gasteiger partial charge in [-0.2, -0.15) is 0 Å². The molecule has 84 valence electrons. The lowest BCUT2D eigenvalue weighted by molar-refractivity contribution is -0.142. The number of hydrogen-bond acceptors (Lipinski definition) is 3. The molecule has 0 aromatic heterocycles. The molecular weight excluding hydrogens is 204 g/mol. The Hall–Kier alpha value is -1.77. The van der Waals surface area contributed by atoms with Crippen molar-refractivity contribution in [2.24, 2.45) is 0 Å². The van der Waals surface area contributed by atoms with Gasteiger partial charge in [-0.1, -0.05) is 18.2 Å². The molecule has 0 atom stereocenters. The highest BCUT2D eigenvalue weighted by Gasteiger charge is 2.13. The summed E-state index contributed by atoms with van der Waals surface area (Å²) in [4.78, 5) is 11.4. The maximum Gasteiger partial charge on any atom is 0.310 e. The summed E-state index contributed by atoms with van der Waals surface area (Å²) in [7, 11) is 0. The van der Waals surface area contributed by atoms with Gasteiger partial charge in [0.1, 0.15) is 12.4 Å². The molecule has 3 heteroatoms. The quantitative estimate of drug-likeness (QED) is 0.729. The molecule has 0 saturated heterocycles. The van der Waals surface area contributed by atoms with Crippen LogP contribution in [0.15, 0.2) is 24.3 Å². The average molecular weight is 218 g/mol. The van der Waals surface area contributed by atoms with E-state index in [1.807, 2.05) is 30.4 Å². The molecule has 3 nitrogen and oxygen atoms in total. The summed E-state index contributed by atoms with van der Waals surface area (Å²) in [6.07, 6.45) is 4.23. The number of carbonyl (C=O) groups excluding carboxylic acids is 1. The first-order valence-corrected chi connectivity index (χ1v) is 5.38. The molecule has 2 rings (SSSR count). The number of hydrogen-bond donors (Lipinski definition) is 0. The summed E-state index contributed by atoms with van der Waals surface area (Å²) in [5.41, 5.74) is 1.94. The second-order valence-corrected chi connectivity index (χ2v) is 3.52. The lowest BCUT2D eigenvalue weighted by Gasteiger charge is -2.15. The zero-order valence-electron chi connectivity index (χ0n) is 9.23. The minimum atomic E-state index is -0.199. The Labute approximate surface area is 94.7 Å². The van der Waals surface area contributed by atoms with Gasteiger partial charge in [0.05, 0.1) is 13.0 Å². The summed E-state index contributed by atoms with van der Waals surface area (Å²) >= 11 is 0. The van der Waals surface area contributed by atoms with Crippen molar-refractivity contribution in [1.29, 1.82) is 0 Å². The zero-order chi connectivity index (χ0) is 11.4. The summed E-state index contributed by atoms with van der Waals surface area (Å²) < 4.78 is 10.4. The summed E-state index contributed by atoms with van der Waals surface area (Å²) in [6, 6.07) is 5.73. The lowest BCUT2D eigenvalue weighted by atomic mass is 10.0. The number of ether oxygens (including phenoxy) is 2. The Bertz CT molecular complexity index is 421. The SMILES string of the molecule is CCOC(=O)Cc1cccc2c1C=CCO2. The largest absolute Gasteiger partial charge is 0.489 e. The molecule has 0 N–H and O–H groups in total. The highest BCUT2D eigenvalue weighted by Crippen LogP contribution is 2.27. The monoisotopic (exact) mass is 218 g/mol. The predicted octanol–water partition coefficient (Wildman–Crippen LogP) is 2.20. The molecule has 16 heavy (non-hydrogen) atoms. The van der Waals surface area contributed by atoms with Crippen LogP contribution in [-0.2, 0) is 16.0 Å². The van der Waals surface area contributed by atoms with Gasteiger partial charge in [0.15, 0.2) is 0 Å². The Balaban J connectivity index is 2.22. The van der Waals surface area contributed by atoms with Gasteiger partial charge >= 0.3 is 5.97 Å². The predicted molar refractivity (Wildman–Crippen MR) is 61.3 cm³/mol. The molecule has 1 aromatic rings. The van der Waals surface area contributed by atoms with E-state index in [2.05, 4.69) is 0 Å². The van der Waals surface area contributed by atoms with Gasteiger partial charge in [-0.25, -0.2) is 0 Å². The van der Waals surface area contributed by atoms with Crippen LogP contribution in [0.2, 0.25) is 0 Å². The number of esters is 1. The minimum absolute atomic E-state index is 0.199. The van der Waals surface area contributed by atoms with Crippen molar-refractivity contribution in [3.8, 4) is 5.75 Å². The van der Waals surface area contributed by atoms with Gasteiger partial charge in [-0.15, -0.1) is 0 Å². The molecule has 1 aromatic carbocycles. The van der Waals surface area contributed by atoms with E-state index in [-0.39, 0.29) is 5.97 Å². The normalized spacial score (nSPS) is 12.8. The van der Waals surface area contributed by atoms with Crippen LogP contribution in [-0.4, -0.2) is 19.2 Å². The van der Waals surface area contributed by atoms with Crippen LogP contribution in [0, 0.1) is 0 Å². The third kappa shape index (κ3) is 2.24. The van der Waals surface area contributed by atoms with E-state index >= 15 is 0 Å². The van der Waals surface area contributed by atoms with Crippen molar-refractivity contribution in [1.82, 2.24) is 0 Å². The molecule has 0 saturated carbocycles. The van der Waals surface area contributed by atoms with Crippen molar-refractivity contribution in [2.45, 2.75) is 13.3 Å². The molecule has 0 spiro atoms. The van der Waals surface area contributed by atoms with E-state index in [1.165, 1.54) is 0 Å². The Kier molecular flexibility index (Phi) is 3.25. The van der Waals surface area contributed by atoms with Gasteiger partial charge in [0.2, 0.25) is 0 Å². The molecule has 1 heterocycles. The van der Waals surface area contributed by atoms with E-state index in [0.29, 0.717) is 19.6 Å². The molecule has 1 aliphatic rings. The fraction of sp³-hybridized carbons (Fsp3) is 0.308. The number of benzene rings is 1.